The Balaban J connectivity index is 2.40. The minimum atomic E-state index is -1.53. The first-order chi connectivity index (χ1) is 7.49. The van der Waals surface area contributed by atoms with Crippen LogP contribution in [0, 0.1) is 0 Å². The Morgan fingerprint density at radius 2 is 2.25 bits per heavy atom. The molecule has 0 aromatic carbocycles. The average molecular weight is 225 g/mol. The first-order valence-electron chi connectivity index (χ1n) is 4.87. The van der Waals surface area contributed by atoms with E-state index in [-0.39, 0.29) is 25.2 Å². The highest BCUT2D eigenvalue weighted by Gasteiger charge is 2.54. The van der Waals surface area contributed by atoms with Gasteiger partial charge in [-0.15, -0.1) is 0 Å². The molecule has 0 saturated carbocycles. The number of rotatable bonds is 2. The molecule has 2 aliphatic heterocycles. The summed E-state index contributed by atoms with van der Waals surface area (Å²) in [5.41, 5.74) is -1.26. The van der Waals surface area contributed by atoms with Crippen LogP contribution in [0.5, 0.6) is 0 Å². The SMILES string of the molecule is CC1=CC(=O)N(C2(C(=O)O)CCOC2)C1=O. The maximum atomic E-state index is 11.7. The normalized spacial score (nSPS) is 29.8. The van der Waals surface area contributed by atoms with Gasteiger partial charge in [-0.3, -0.25) is 14.5 Å². The fraction of sp³-hybridized carbons (Fsp3) is 0.500. The molecule has 0 aromatic rings. The van der Waals surface area contributed by atoms with Crippen molar-refractivity contribution in [2.75, 3.05) is 13.2 Å². The largest absolute Gasteiger partial charge is 0.479 e. The maximum Gasteiger partial charge on any atom is 0.332 e. The summed E-state index contributed by atoms with van der Waals surface area (Å²) < 4.78 is 5.02. The molecule has 2 heterocycles. The molecule has 6 heteroatoms. The average Bonchev–Trinajstić information content (AvgIpc) is 2.75. The molecule has 16 heavy (non-hydrogen) atoms. The van der Waals surface area contributed by atoms with Gasteiger partial charge in [0.25, 0.3) is 11.8 Å². The fourth-order valence-electron chi connectivity index (χ4n) is 1.99. The summed E-state index contributed by atoms with van der Waals surface area (Å²) in [4.78, 5) is 35.4. The predicted octanol–water partition coefficient (Wildman–Crippen LogP) is -0.455. The summed E-state index contributed by atoms with van der Waals surface area (Å²) in [6.45, 7) is 1.59. The molecule has 86 valence electrons. The van der Waals surface area contributed by atoms with Gasteiger partial charge < -0.3 is 9.84 Å². The maximum absolute atomic E-state index is 11.7. The topological polar surface area (TPSA) is 83.9 Å². The number of ether oxygens (including phenoxy) is 1. The van der Waals surface area contributed by atoms with Gasteiger partial charge in [0.2, 0.25) is 0 Å². The van der Waals surface area contributed by atoms with E-state index < -0.39 is 23.3 Å². The second kappa shape index (κ2) is 3.41. The minimum absolute atomic E-state index is 0.138. The quantitative estimate of drug-likeness (QED) is 0.643. The second-order valence-corrected chi connectivity index (χ2v) is 3.95. The van der Waals surface area contributed by atoms with Crippen LogP contribution in [0.15, 0.2) is 11.6 Å². The molecule has 0 spiro atoms. The van der Waals surface area contributed by atoms with Gasteiger partial charge in [-0.25, -0.2) is 4.79 Å². The van der Waals surface area contributed by atoms with Crippen molar-refractivity contribution in [1.29, 1.82) is 0 Å². The zero-order chi connectivity index (χ0) is 11.9. The first kappa shape index (κ1) is 10.8. The van der Waals surface area contributed by atoms with Crippen LogP contribution in [0.25, 0.3) is 0 Å². The van der Waals surface area contributed by atoms with E-state index in [1.165, 1.54) is 6.92 Å². The van der Waals surface area contributed by atoms with Crippen LogP contribution < -0.4 is 0 Å². The lowest BCUT2D eigenvalue weighted by molar-refractivity contribution is -0.162. The number of carboxylic acid groups (broad SMARTS) is 1. The van der Waals surface area contributed by atoms with Crippen LogP contribution in [-0.4, -0.2) is 46.5 Å². The van der Waals surface area contributed by atoms with Crippen LogP contribution >= 0.6 is 0 Å². The molecule has 1 saturated heterocycles. The van der Waals surface area contributed by atoms with Gasteiger partial charge >= 0.3 is 5.97 Å². The number of carbonyl (C=O) groups is 3. The van der Waals surface area contributed by atoms with Crippen molar-refractivity contribution in [3.63, 3.8) is 0 Å². The molecule has 2 rings (SSSR count). The first-order valence-corrected chi connectivity index (χ1v) is 4.87. The number of amides is 2. The van der Waals surface area contributed by atoms with Gasteiger partial charge in [0.1, 0.15) is 0 Å². The molecule has 1 atom stereocenters. The number of carbonyl (C=O) groups excluding carboxylic acids is 2. The second-order valence-electron chi connectivity index (χ2n) is 3.95. The molecule has 0 aliphatic carbocycles. The van der Waals surface area contributed by atoms with Crippen LogP contribution in [0.2, 0.25) is 0 Å². The molecule has 0 radical (unpaired) electrons. The Labute approximate surface area is 91.5 Å². The smallest absolute Gasteiger partial charge is 0.332 e. The summed E-state index contributed by atoms with van der Waals surface area (Å²) in [7, 11) is 0. The number of nitrogens with zero attached hydrogens (tertiary/aromatic N) is 1. The number of hydrogen-bond acceptors (Lipinski definition) is 4. The molecular formula is C10H11NO5. The Hall–Kier alpha value is -1.69. The van der Waals surface area contributed by atoms with E-state index in [0.29, 0.717) is 0 Å². The lowest BCUT2D eigenvalue weighted by atomic mass is 9.96. The fourth-order valence-corrected chi connectivity index (χ4v) is 1.99. The number of carboxylic acids is 1. The van der Waals surface area contributed by atoms with E-state index in [0.717, 1.165) is 11.0 Å². The Bertz CT molecular complexity index is 405. The highest BCUT2D eigenvalue weighted by Crippen LogP contribution is 2.31. The molecule has 0 aromatic heterocycles. The van der Waals surface area contributed by atoms with Gasteiger partial charge in [-0.2, -0.15) is 0 Å². The van der Waals surface area contributed by atoms with Crippen molar-refractivity contribution in [3.05, 3.63) is 11.6 Å². The molecule has 2 aliphatic rings. The van der Waals surface area contributed by atoms with Crippen molar-refractivity contribution >= 4 is 17.8 Å². The third kappa shape index (κ3) is 1.26. The number of aliphatic carboxylic acids is 1. The van der Waals surface area contributed by atoms with Gasteiger partial charge in [-0.05, 0) is 6.92 Å². The molecule has 1 fully saturated rings. The lowest BCUT2D eigenvalue weighted by Crippen LogP contribution is -2.58. The molecule has 6 nitrogen and oxygen atoms in total. The standard InChI is InChI=1S/C10H11NO5/c1-6-4-7(12)11(8(6)13)10(9(14)15)2-3-16-5-10/h4H,2-3,5H2,1H3,(H,14,15). The number of hydrogen-bond donors (Lipinski definition) is 1. The molecule has 2 amide bonds. The molecule has 1 unspecified atom stereocenters. The van der Waals surface area contributed by atoms with Crippen LogP contribution in [0.1, 0.15) is 13.3 Å². The van der Waals surface area contributed by atoms with Gasteiger partial charge in [-0.1, -0.05) is 0 Å². The van der Waals surface area contributed by atoms with Crippen molar-refractivity contribution in [1.82, 2.24) is 4.90 Å². The minimum Gasteiger partial charge on any atom is -0.479 e. The monoisotopic (exact) mass is 225 g/mol. The van der Waals surface area contributed by atoms with Gasteiger partial charge in [0, 0.05) is 24.7 Å². The zero-order valence-electron chi connectivity index (χ0n) is 8.73. The van der Waals surface area contributed by atoms with E-state index >= 15 is 0 Å². The van der Waals surface area contributed by atoms with E-state index in [9.17, 15) is 19.5 Å². The summed E-state index contributed by atoms with van der Waals surface area (Å²) in [6.07, 6.45) is 1.30. The lowest BCUT2D eigenvalue weighted by Gasteiger charge is -2.31. The van der Waals surface area contributed by atoms with Crippen molar-refractivity contribution in [3.8, 4) is 0 Å². The third-order valence-electron chi connectivity index (χ3n) is 2.93. The predicted molar refractivity (Wildman–Crippen MR) is 51.4 cm³/mol. The van der Waals surface area contributed by atoms with E-state index in [1.807, 2.05) is 0 Å². The number of imide groups is 1. The van der Waals surface area contributed by atoms with Crippen molar-refractivity contribution in [2.24, 2.45) is 0 Å². The third-order valence-corrected chi connectivity index (χ3v) is 2.93. The van der Waals surface area contributed by atoms with Crippen molar-refractivity contribution in [2.45, 2.75) is 18.9 Å². The van der Waals surface area contributed by atoms with Gasteiger partial charge in [0.15, 0.2) is 5.54 Å². The molecule has 1 N–H and O–H groups in total. The summed E-state index contributed by atoms with van der Waals surface area (Å²) in [5.74, 6) is -2.32. The van der Waals surface area contributed by atoms with Crippen molar-refractivity contribution < 1.29 is 24.2 Å². The highest BCUT2D eigenvalue weighted by molar-refractivity contribution is 6.18. The Morgan fingerprint density at radius 3 is 2.62 bits per heavy atom. The van der Waals surface area contributed by atoms with Crippen LogP contribution in [0.3, 0.4) is 0 Å². The Morgan fingerprint density at radius 1 is 1.56 bits per heavy atom. The summed E-state index contributed by atoms with van der Waals surface area (Å²) in [5, 5.41) is 9.20. The van der Waals surface area contributed by atoms with Gasteiger partial charge in [0.05, 0.1) is 6.61 Å². The summed E-state index contributed by atoms with van der Waals surface area (Å²) in [6, 6.07) is 0. The Kier molecular flexibility index (Phi) is 2.31. The van der Waals surface area contributed by atoms with E-state index in [4.69, 9.17) is 4.74 Å². The van der Waals surface area contributed by atoms with Crippen LogP contribution in [0.4, 0.5) is 0 Å². The van der Waals surface area contributed by atoms with Crippen LogP contribution in [-0.2, 0) is 19.1 Å². The molecule has 0 bridgehead atoms. The zero-order valence-corrected chi connectivity index (χ0v) is 8.73. The summed E-state index contributed by atoms with van der Waals surface area (Å²) >= 11 is 0. The highest BCUT2D eigenvalue weighted by atomic mass is 16.5. The molecular weight excluding hydrogens is 214 g/mol. The van der Waals surface area contributed by atoms with E-state index in [1.54, 1.807) is 0 Å². The van der Waals surface area contributed by atoms with E-state index in [2.05, 4.69) is 0 Å².